The Morgan fingerprint density at radius 3 is 2.80 bits per heavy atom. The second kappa shape index (κ2) is 5.03. The fraction of sp³-hybridized carbons (Fsp3) is 0.364. The first-order valence-electron chi connectivity index (χ1n) is 4.84. The summed E-state index contributed by atoms with van der Waals surface area (Å²) >= 11 is 5.70. The van der Waals surface area contributed by atoms with E-state index in [0.29, 0.717) is 5.56 Å². The third-order valence-electron chi connectivity index (χ3n) is 2.20. The lowest BCUT2D eigenvalue weighted by Crippen LogP contribution is -2.31. The second-order valence-corrected chi connectivity index (χ2v) is 3.86. The van der Waals surface area contributed by atoms with Gasteiger partial charge in [0, 0.05) is 11.6 Å². The maximum absolute atomic E-state index is 11.6. The first-order chi connectivity index (χ1) is 7.04. The van der Waals surface area contributed by atoms with Crippen LogP contribution in [0.25, 0.3) is 0 Å². The lowest BCUT2D eigenvalue weighted by Gasteiger charge is -2.11. The predicted octanol–water partition coefficient (Wildman–Crippen LogP) is 2.57. The van der Waals surface area contributed by atoms with E-state index in [-0.39, 0.29) is 22.7 Å². The van der Waals surface area contributed by atoms with Gasteiger partial charge in [-0.3, -0.25) is 4.79 Å². The van der Waals surface area contributed by atoms with Crippen LogP contribution in [-0.4, -0.2) is 17.1 Å². The third-order valence-corrected chi connectivity index (χ3v) is 2.50. The van der Waals surface area contributed by atoms with Crippen molar-refractivity contribution in [2.45, 2.75) is 26.3 Å². The summed E-state index contributed by atoms with van der Waals surface area (Å²) in [6, 6.07) is 4.53. The molecule has 2 N–H and O–H groups in total. The topological polar surface area (TPSA) is 49.3 Å². The number of hydrogen-bond acceptors (Lipinski definition) is 2. The molecule has 4 heteroatoms. The van der Waals surface area contributed by atoms with Crippen molar-refractivity contribution < 1.29 is 9.90 Å². The van der Waals surface area contributed by atoms with E-state index in [1.165, 1.54) is 12.1 Å². The Bertz CT molecular complexity index is 366. The van der Waals surface area contributed by atoms with Crippen molar-refractivity contribution in [3.8, 4) is 5.75 Å². The molecule has 0 fully saturated rings. The van der Waals surface area contributed by atoms with Crippen LogP contribution in [0.3, 0.4) is 0 Å². The van der Waals surface area contributed by atoms with Crippen molar-refractivity contribution in [3.63, 3.8) is 0 Å². The zero-order valence-corrected chi connectivity index (χ0v) is 9.51. The average Bonchev–Trinajstić information content (AvgIpc) is 2.21. The summed E-state index contributed by atoms with van der Waals surface area (Å²) in [5.74, 6) is -0.192. The highest BCUT2D eigenvalue weighted by atomic mass is 35.5. The molecular formula is C11H14ClNO2. The molecule has 0 spiro atoms. The van der Waals surface area contributed by atoms with Gasteiger partial charge >= 0.3 is 0 Å². The first kappa shape index (κ1) is 11.9. The molecule has 0 heterocycles. The van der Waals surface area contributed by atoms with Crippen LogP contribution >= 0.6 is 11.6 Å². The summed E-state index contributed by atoms with van der Waals surface area (Å²) < 4.78 is 0. The molecule has 0 radical (unpaired) electrons. The molecule has 1 unspecified atom stereocenters. The van der Waals surface area contributed by atoms with Gasteiger partial charge in [-0.15, -0.1) is 0 Å². The highest BCUT2D eigenvalue weighted by molar-refractivity contribution is 6.32. The SMILES string of the molecule is CCC(C)NC(=O)c1ccc(O)c(Cl)c1. The number of hydrogen-bond donors (Lipinski definition) is 2. The summed E-state index contributed by atoms with van der Waals surface area (Å²) in [6.45, 7) is 3.93. The maximum Gasteiger partial charge on any atom is 0.251 e. The van der Waals surface area contributed by atoms with Crippen LogP contribution in [0.5, 0.6) is 5.75 Å². The minimum Gasteiger partial charge on any atom is -0.506 e. The lowest BCUT2D eigenvalue weighted by molar-refractivity contribution is 0.0939. The Kier molecular flexibility index (Phi) is 3.97. The molecule has 0 aromatic heterocycles. The zero-order valence-electron chi connectivity index (χ0n) is 8.75. The summed E-state index contributed by atoms with van der Waals surface area (Å²) in [5.41, 5.74) is 0.457. The highest BCUT2D eigenvalue weighted by Gasteiger charge is 2.09. The van der Waals surface area contributed by atoms with Gasteiger partial charge < -0.3 is 10.4 Å². The number of rotatable bonds is 3. The highest BCUT2D eigenvalue weighted by Crippen LogP contribution is 2.23. The largest absolute Gasteiger partial charge is 0.506 e. The van der Waals surface area contributed by atoms with E-state index < -0.39 is 0 Å². The van der Waals surface area contributed by atoms with E-state index in [1.54, 1.807) is 6.07 Å². The van der Waals surface area contributed by atoms with Crippen molar-refractivity contribution in [1.82, 2.24) is 5.32 Å². The Labute approximate surface area is 94.1 Å². The van der Waals surface area contributed by atoms with Gasteiger partial charge in [-0.1, -0.05) is 18.5 Å². The summed E-state index contributed by atoms with van der Waals surface area (Å²) in [7, 11) is 0. The van der Waals surface area contributed by atoms with Gasteiger partial charge in [0.25, 0.3) is 5.91 Å². The number of benzene rings is 1. The number of halogens is 1. The normalized spacial score (nSPS) is 12.2. The first-order valence-corrected chi connectivity index (χ1v) is 5.21. The van der Waals surface area contributed by atoms with Crippen molar-refractivity contribution in [1.29, 1.82) is 0 Å². The molecule has 15 heavy (non-hydrogen) atoms. The molecule has 1 atom stereocenters. The third kappa shape index (κ3) is 3.13. The average molecular weight is 228 g/mol. The van der Waals surface area contributed by atoms with Gasteiger partial charge in [0.1, 0.15) is 5.75 Å². The van der Waals surface area contributed by atoms with Crippen LogP contribution in [0.4, 0.5) is 0 Å². The van der Waals surface area contributed by atoms with Gasteiger partial charge in [0.15, 0.2) is 0 Å². The number of phenolic OH excluding ortho intramolecular Hbond substituents is 1. The van der Waals surface area contributed by atoms with Crippen LogP contribution in [0.1, 0.15) is 30.6 Å². The fourth-order valence-electron chi connectivity index (χ4n) is 1.06. The van der Waals surface area contributed by atoms with E-state index in [9.17, 15) is 9.90 Å². The Morgan fingerprint density at radius 2 is 2.27 bits per heavy atom. The fourth-order valence-corrected chi connectivity index (χ4v) is 1.24. The molecule has 0 aliphatic rings. The molecule has 0 aliphatic heterocycles. The van der Waals surface area contributed by atoms with E-state index in [1.807, 2.05) is 13.8 Å². The van der Waals surface area contributed by atoms with E-state index in [4.69, 9.17) is 11.6 Å². The molecule has 1 aromatic carbocycles. The summed E-state index contributed by atoms with van der Waals surface area (Å²) in [5, 5.41) is 12.2. The zero-order chi connectivity index (χ0) is 11.4. The van der Waals surface area contributed by atoms with Crippen molar-refractivity contribution in [2.75, 3.05) is 0 Å². The van der Waals surface area contributed by atoms with Crippen LogP contribution in [0.15, 0.2) is 18.2 Å². The van der Waals surface area contributed by atoms with Crippen LogP contribution in [0.2, 0.25) is 5.02 Å². The van der Waals surface area contributed by atoms with Gasteiger partial charge in [-0.05, 0) is 31.5 Å². The second-order valence-electron chi connectivity index (χ2n) is 3.45. The molecule has 82 valence electrons. The summed E-state index contributed by atoms with van der Waals surface area (Å²) in [4.78, 5) is 11.6. The Morgan fingerprint density at radius 1 is 1.60 bits per heavy atom. The van der Waals surface area contributed by atoms with Crippen molar-refractivity contribution >= 4 is 17.5 Å². The van der Waals surface area contributed by atoms with E-state index in [0.717, 1.165) is 6.42 Å². The maximum atomic E-state index is 11.6. The monoisotopic (exact) mass is 227 g/mol. The molecule has 1 amide bonds. The Hall–Kier alpha value is -1.22. The summed E-state index contributed by atoms with van der Waals surface area (Å²) in [6.07, 6.45) is 0.873. The van der Waals surface area contributed by atoms with Crippen LogP contribution in [0, 0.1) is 0 Å². The molecule has 0 saturated carbocycles. The molecule has 1 rings (SSSR count). The molecular weight excluding hydrogens is 214 g/mol. The van der Waals surface area contributed by atoms with Crippen molar-refractivity contribution in [2.24, 2.45) is 0 Å². The Balaban J connectivity index is 2.78. The molecule has 0 bridgehead atoms. The molecule has 1 aromatic rings. The smallest absolute Gasteiger partial charge is 0.251 e. The number of carbonyl (C=O) groups is 1. The minimum absolute atomic E-state index is 0.0169. The van der Waals surface area contributed by atoms with Gasteiger partial charge in [-0.25, -0.2) is 0 Å². The van der Waals surface area contributed by atoms with Crippen LogP contribution < -0.4 is 5.32 Å². The minimum atomic E-state index is -0.175. The van der Waals surface area contributed by atoms with Gasteiger partial charge in [0.05, 0.1) is 5.02 Å². The van der Waals surface area contributed by atoms with Gasteiger partial charge in [0.2, 0.25) is 0 Å². The lowest BCUT2D eigenvalue weighted by atomic mass is 10.2. The van der Waals surface area contributed by atoms with Gasteiger partial charge in [-0.2, -0.15) is 0 Å². The molecule has 0 saturated heterocycles. The number of aromatic hydroxyl groups is 1. The standard InChI is InChI=1S/C11H14ClNO2/c1-3-7(2)13-11(15)8-4-5-10(14)9(12)6-8/h4-7,14H,3H2,1-2H3,(H,13,15). The molecule has 3 nitrogen and oxygen atoms in total. The van der Waals surface area contributed by atoms with E-state index in [2.05, 4.69) is 5.32 Å². The number of nitrogens with one attached hydrogen (secondary N) is 1. The number of amides is 1. The number of carbonyl (C=O) groups excluding carboxylic acids is 1. The predicted molar refractivity (Wildman–Crippen MR) is 60.3 cm³/mol. The quantitative estimate of drug-likeness (QED) is 0.834. The van der Waals surface area contributed by atoms with Crippen molar-refractivity contribution in [3.05, 3.63) is 28.8 Å². The number of phenols is 1. The van der Waals surface area contributed by atoms with E-state index >= 15 is 0 Å². The molecule has 0 aliphatic carbocycles. The van der Waals surface area contributed by atoms with Crippen LogP contribution in [-0.2, 0) is 0 Å².